The Kier molecular flexibility index (Phi) is 9.54. The molecule has 0 radical (unpaired) electrons. The first-order valence-electron chi connectivity index (χ1n) is 9.03. The molecule has 2 rings (SSSR count). The van der Waals surface area contributed by atoms with E-state index in [0.29, 0.717) is 23.4 Å². The van der Waals surface area contributed by atoms with Crippen LogP contribution < -0.4 is 16.4 Å². The lowest BCUT2D eigenvalue weighted by Crippen LogP contribution is -2.40. The topological polar surface area (TPSA) is 84.2 Å². The standard InChI is InChI=1S/C21H27N3O2.ClH/c1-3-4-10-17(14-22)23-21(26)18-11-5-6-12-19(18)24-20(25)16-9-7-8-15(2)13-16;/h5-9,11-13,17H,3-4,10,14,22H2,1-2H3,(H,23,26)(H,24,25);1H. The highest BCUT2D eigenvalue weighted by atomic mass is 35.5. The van der Waals surface area contributed by atoms with E-state index in [4.69, 9.17) is 5.73 Å². The van der Waals surface area contributed by atoms with Crippen molar-refractivity contribution in [1.82, 2.24) is 5.32 Å². The average Bonchev–Trinajstić information content (AvgIpc) is 2.65. The van der Waals surface area contributed by atoms with Crippen molar-refractivity contribution in [1.29, 1.82) is 0 Å². The van der Waals surface area contributed by atoms with Gasteiger partial charge >= 0.3 is 0 Å². The SMILES string of the molecule is CCCCC(CN)NC(=O)c1ccccc1NC(=O)c1cccc(C)c1.Cl. The number of nitrogens with two attached hydrogens (primary N) is 1. The molecule has 6 heteroatoms. The lowest BCUT2D eigenvalue weighted by atomic mass is 10.1. The number of carbonyl (C=O) groups is 2. The number of hydrogen-bond acceptors (Lipinski definition) is 3. The number of aryl methyl sites for hydroxylation is 1. The van der Waals surface area contributed by atoms with E-state index in [2.05, 4.69) is 17.6 Å². The molecule has 2 aromatic carbocycles. The van der Waals surface area contributed by atoms with Crippen molar-refractivity contribution < 1.29 is 9.59 Å². The Hall–Kier alpha value is -2.37. The highest BCUT2D eigenvalue weighted by Crippen LogP contribution is 2.17. The van der Waals surface area contributed by atoms with Crippen molar-refractivity contribution in [2.75, 3.05) is 11.9 Å². The molecule has 0 bridgehead atoms. The molecular weight excluding hydrogens is 362 g/mol. The highest BCUT2D eigenvalue weighted by molar-refractivity contribution is 6.09. The maximum Gasteiger partial charge on any atom is 0.255 e. The zero-order valence-corrected chi connectivity index (χ0v) is 16.6. The van der Waals surface area contributed by atoms with Gasteiger partial charge in [-0.05, 0) is 37.6 Å². The number of rotatable bonds is 8. The minimum Gasteiger partial charge on any atom is -0.348 e. The fourth-order valence-corrected chi connectivity index (χ4v) is 2.73. The largest absolute Gasteiger partial charge is 0.348 e. The van der Waals surface area contributed by atoms with Crippen LogP contribution in [0.2, 0.25) is 0 Å². The number of anilines is 1. The van der Waals surface area contributed by atoms with Crippen LogP contribution in [0.15, 0.2) is 48.5 Å². The molecule has 5 nitrogen and oxygen atoms in total. The van der Waals surface area contributed by atoms with Gasteiger partial charge in [-0.1, -0.05) is 49.6 Å². The monoisotopic (exact) mass is 389 g/mol. The third-order valence-corrected chi connectivity index (χ3v) is 4.23. The molecule has 0 aliphatic carbocycles. The Balaban J connectivity index is 0.00000364. The predicted octanol–water partition coefficient (Wildman–Crippen LogP) is 3.92. The number of carbonyl (C=O) groups excluding carboxylic acids is 2. The smallest absolute Gasteiger partial charge is 0.255 e. The Bertz CT molecular complexity index is 765. The average molecular weight is 390 g/mol. The summed E-state index contributed by atoms with van der Waals surface area (Å²) in [5, 5.41) is 5.80. The maximum absolute atomic E-state index is 12.7. The van der Waals surface area contributed by atoms with E-state index in [1.807, 2.05) is 25.1 Å². The van der Waals surface area contributed by atoms with E-state index >= 15 is 0 Å². The second-order valence-corrected chi connectivity index (χ2v) is 6.42. The maximum atomic E-state index is 12.7. The van der Waals surface area contributed by atoms with Crippen LogP contribution in [0.5, 0.6) is 0 Å². The fraction of sp³-hybridized carbons (Fsp3) is 0.333. The fourth-order valence-electron chi connectivity index (χ4n) is 2.73. The molecule has 0 saturated heterocycles. The Morgan fingerprint density at radius 1 is 1.07 bits per heavy atom. The van der Waals surface area contributed by atoms with Gasteiger partial charge in [0.1, 0.15) is 0 Å². The summed E-state index contributed by atoms with van der Waals surface area (Å²) in [4.78, 5) is 25.2. The molecule has 0 aliphatic heterocycles. The number of halogens is 1. The molecule has 1 atom stereocenters. The Morgan fingerprint density at radius 3 is 2.48 bits per heavy atom. The van der Waals surface area contributed by atoms with Crippen molar-refractivity contribution in [3.63, 3.8) is 0 Å². The van der Waals surface area contributed by atoms with Crippen molar-refractivity contribution in [3.8, 4) is 0 Å². The van der Waals surface area contributed by atoms with Crippen LogP contribution in [0, 0.1) is 6.92 Å². The second kappa shape index (κ2) is 11.4. The molecule has 0 heterocycles. The van der Waals surface area contributed by atoms with Crippen molar-refractivity contribution >= 4 is 29.9 Å². The van der Waals surface area contributed by atoms with E-state index in [0.717, 1.165) is 24.8 Å². The summed E-state index contributed by atoms with van der Waals surface area (Å²) in [5.74, 6) is -0.466. The van der Waals surface area contributed by atoms with Gasteiger partial charge < -0.3 is 16.4 Å². The Morgan fingerprint density at radius 2 is 1.81 bits per heavy atom. The van der Waals surface area contributed by atoms with Crippen molar-refractivity contribution in [2.45, 2.75) is 39.2 Å². The van der Waals surface area contributed by atoms with Gasteiger partial charge in [-0.3, -0.25) is 9.59 Å². The molecule has 146 valence electrons. The van der Waals surface area contributed by atoms with E-state index in [1.165, 1.54) is 0 Å². The van der Waals surface area contributed by atoms with E-state index < -0.39 is 0 Å². The molecule has 2 amide bonds. The van der Waals surface area contributed by atoms with Crippen molar-refractivity contribution in [2.24, 2.45) is 5.73 Å². The van der Waals surface area contributed by atoms with Crippen LogP contribution in [0.3, 0.4) is 0 Å². The van der Waals surface area contributed by atoms with Crippen LogP contribution in [0.1, 0.15) is 52.5 Å². The lowest BCUT2D eigenvalue weighted by molar-refractivity contribution is 0.0936. The van der Waals surface area contributed by atoms with Gasteiger partial charge in [0.2, 0.25) is 0 Å². The second-order valence-electron chi connectivity index (χ2n) is 6.42. The molecule has 0 aliphatic rings. The molecule has 1 unspecified atom stereocenters. The van der Waals surface area contributed by atoms with Gasteiger partial charge in [-0.25, -0.2) is 0 Å². The summed E-state index contributed by atoms with van der Waals surface area (Å²) in [6.07, 6.45) is 2.90. The van der Waals surface area contributed by atoms with E-state index in [9.17, 15) is 9.59 Å². The van der Waals surface area contributed by atoms with Crippen molar-refractivity contribution in [3.05, 3.63) is 65.2 Å². The first kappa shape index (κ1) is 22.7. The first-order chi connectivity index (χ1) is 12.5. The third-order valence-electron chi connectivity index (χ3n) is 4.23. The molecule has 2 aromatic rings. The summed E-state index contributed by atoms with van der Waals surface area (Å²) in [7, 11) is 0. The van der Waals surface area contributed by atoms with Gasteiger partial charge in [0.05, 0.1) is 11.3 Å². The van der Waals surface area contributed by atoms with Crippen LogP contribution in [-0.2, 0) is 0 Å². The number of unbranched alkanes of at least 4 members (excludes halogenated alkanes) is 1. The molecule has 0 fully saturated rings. The van der Waals surface area contributed by atoms with E-state index in [1.54, 1.807) is 30.3 Å². The number of benzene rings is 2. The normalized spacial score (nSPS) is 11.2. The summed E-state index contributed by atoms with van der Waals surface area (Å²) in [6, 6.07) is 14.3. The van der Waals surface area contributed by atoms with Crippen LogP contribution in [0.25, 0.3) is 0 Å². The summed E-state index contributed by atoms with van der Waals surface area (Å²) in [6.45, 7) is 4.43. The van der Waals surface area contributed by atoms with Crippen LogP contribution in [0.4, 0.5) is 5.69 Å². The van der Waals surface area contributed by atoms with Crippen LogP contribution >= 0.6 is 12.4 Å². The highest BCUT2D eigenvalue weighted by Gasteiger charge is 2.17. The minimum absolute atomic E-state index is 0. The predicted molar refractivity (Wildman–Crippen MR) is 113 cm³/mol. The molecular formula is C21H28ClN3O2. The molecule has 0 spiro atoms. The molecule has 4 N–H and O–H groups in total. The minimum atomic E-state index is -0.240. The third kappa shape index (κ3) is 6.70. The van der Waals surface area contributed by atoms with Gasteiger partial charge in [-0.2, -0.15) is 0 Å². The number of nitrogens with one attached hydrogen (secondary N) is 2. The summed E-state index contributed by atoms with van der Waals surface area (Å²) >= 11 is 0. The van der Waals surface area contributed by atoms with Gasteiger partial charge in [0.25, 0.3) is 11.8 Å². The number of amides is 2. The van der Waals surface area contributed by atoms with Gasteiger partial charge in [0.15, 0.2) is 0 Å². The lowest BCUT2D eigenvalue weighted by Gasteiger charge is -2.18. The Labute approximate surface area is 167 Å². The van der Waals surface area contributed by atoms with Gasteiger partial charge in [0, 0.05) is 18.2 Å². The first-order valence-corrected chi connectivity index (χ1v) is 9.03. The number of para-hydroxylation sites is 1. The quantitative estimate of drug-likeness (QED) is 0.639. The zero-order valence-electron chi connectivity index (χ0n) is 15.8. The zero-order chi connectivity index (χ0) is 18.9. The molecule has 0 aromatic heterocycles. The molecule has 0 saturated carbocycles. The van der Waals surface area contributed by atoms with Crippen LogP contribution in [-0.4, -0.2) is 24.4 Å². The number of hydrogen-bond donors (Lipinski definition) is 3. The van der Waals surface area contributed by atoms with E-state index in [-0.39, 0.29) is 30.3 Å². The summed E-state index contributed by atoms with van der Waals surface area (Å²) in [5.41, 5.74) is 8.25. The van der Waals surface area contributed by atoms with Gasteiger partial charge in [-0.15, -0.1) is 12.4 Å². The summed E-state index contributed by atoms with van der Waals surface area (Å²) < 4.78 is 0. The molecule has 27 heavy (non-hydrogen) atoms.